The monoisotopic (exact) mass is 336 g/mol. The van der Waals surface area contributed by atoms with Crippen LogP contribution in [0.1, 0.15) is 62.4 Å². The Balaban J connectivity index is 1.54. The standard InChI is InChI=1S/C18H32N4S/c1-2-10-22(11-9-13-3-5-14(19)6-4-13)15-7-8-16-17(12-15)23-18(20)21-16/h13-15H,2-12,19H2,1H3,(H2,20,21). The molecule has 5 heteroatoms. The predicted octanol–water partition coefficient (Wildman–Crippen LogP) is 3.20. The Hall–Kier alpha value is -0.650. The summed E-state index contributed by atoms with van der Waals surface area (Å²) in [5, 5.41) is 0.747. The van der Waals surface area contributed by atoms with Crippen LogP contribution in [0.2, 0.25) is 0 Å². The fraction of sp³-hybridized carbons (Fsp3) is 0.833. The van der Waals surface area contributed by atoms with E-state index >= 15 is 0 Å². The van der Waals surface area contributed by atoms with Crippen molar-refractivity contribution >= 4 is 16.5 Å². The third-order valence-electron chi connectivity index (χ3n) is 5.67. The van der Waals surface area contributed by atoms with Gasteiger partial charge in [0.25, 0.3) is 0 Å². The van der Waals surface area contributed by atoms with Crippen molar-refractivity contribution in [1.29, 1.82) is 0 Å². The minimum Gasteiger partial charge on any atom is -0.375 e. The van der Waals surface area contributed by atoms with Crippen LogP contribution in [0.15, 0.2) is 0 Å². The average molecular weight is 337 g/mol. The van der Waals surface area contributed by atoms with Crippen LogP contribution >= 0.6 is 11.3 Å². The summed E-state index contributed by atoms with van der Waals surface area (Å²) in [6.07, 6.45) is 11.2. The second-order valence-corrected chi connectivity index (χ2v) is 8.54. The van der Waals surface area contributed by atoms with Crippen LogP contribution in [0, 0.1) is 5.92 Å². The highest BCUT2D eigenvalue weighted by Crippen LogP contribution is 2.31. The quantitative estimate of drug-likeness (QED) is 0.837. The highest BCUT2D eigenvalue weighted by Gasteiger charge is 2.27. The van der Waals surface area contributed by atoms with E-state index in [1.54, 1.807) is 11.3 Å². The number of hydrogen-bond donors (Lipinski definition) is 2. The number of aromatic nitrogens is 1. The van der Waals surface area contributed by atoms with Gasteiger partial charge in [-0.15, -0.1) is 11.3 Å². The molecule has 1 unspecified atom stereocenters. The topological polar surface area (TPSA) is 68.2 Å². The van der Waals surface area contributed by atoms with E-state index in [9.17, 15) is 0 Å². The molecule has 0 radical (unpaired) electrons. The second-order valence-electron chi connectivity index (χ2n) is 7.42. The normalized spacial score (nSPS) is 28.0. The Bertz CT molecular complexity index is 493. The van der Waals surface area contributed by atoms with Gasteiger partial charge in [0.05, 0.1) is 5.69 Å². The molecule has 1 saturated carbocycles. The Morgan fingerprint density at radius 1 is 1.17 bits per heavy atom. The van der Waals surface area contributed by atoms with Crippen LogP contribution in [-0.4, -0.2) is 35.1 Å². The summed E-state index contributed by atoms with van der Waals surface area (Å²) in [6.45, 7) is 4.77. The van der Waals surface area contributed by atoms with Gasteiger partial charge in [-0.2, -0.15) is 0 Å². The smallest absolute Gasteiger partial charge is 0.180 e. The summed E-state index contributed by atoms with van der Waals surface area (Å²) in [7, 11) is 0. The number of nitrogen functional groups attached to an aromatic ring is 1. The van der Waals surface area contributed by atoms with E-state index in [0.717, 1.165) is 23.9 Å². The molecular weight excluding hydrogens is 304 g/mol. The Kier molecular flexibility index (Phi) is 5.94. The molecule has 1 aromatic heterocycles. The van der Waals surface area contributed by atoms with Crippen molar-refractivity contribution in [2.45, 2.75) is 76.8 Å². The van der Waals surface area contributed by atoms with Crippen molar-refractivity contribution in [1.82, 2.24) is 9.88 Å². The summed E-state index contributed by atoms with van der Waals surface area (Å²) in [5.74, 6) is 0.896. The number of fused-ring (bicyclic) bond motifs is 1. The first-order chi connectivity index (χ1) is 11.2. The maximum absolute atomic E-state index is 6.04. The number of nitrogens with two attached hydrogens (primary N) is 2. The van der Waals surface area contributed by atoms with E-state index < -0.39 is 0 Å². The van der Waals surface area contributed by atoms with Gasteiger partial charge in [-0.05, 0) is 76.8 Å². The van der Waals surface area contributed by atoms with Gasteiger partial charge in [0, 0.05) is 17.0 Å². The van der Waals surface area contributed by atoms with E-state index in [-0.39, 0.29) is 0 Å². The van der Waals surface area contributed by atoms with E-state index in [1.165, 1.54) is 68.6 Å². The second kappa shape index (κ2) is 7.95. The van der Waals surface area contributed by atoms with Crippen LogP contribution in [-0.2, 0) is 12.8 Å². The van der Waals surface area contributed by atoms with Gasteiger partial charge in [0.2, 0.25) is 0 Å². The number of rotatable bonds is 6. The van der Waals surface area contributed by atoms with E-state index in [2.05, 4.69) is 16.8 Å². The van der Waals surface area contributed by atoms with Gasteiger partial charge >= 0.3 is 0 Å². The largest absolute Gasteiger partial charge is 0.375 e. The van der Waals surface area contributed by atoms with E-state index in [1.807, 2.05) is 0 Å². The van der Waals surface area contributed by atoms with Gasteiger partial charge in [-0.25, -0.2) is 4.98 Å². The molecular formula is C18H32N4S. The van der Waals surface area contributed by atoms with Crippen molar-refractivity contribution in [3.05, 3.63) is 10.6 Å². The predicted molar refractivity (Wildman–Crippen MR) is 98.8 cm³/mol. The lowest BCUT2D eigenvalue weighted by Crippen LogP contribution is -2.41. The molecule has 2 aliphatic carbocycles. The number of aryl methyl sites for hydroxylation is 1. The zero-order valence-corrected chi connectivity index (χ0v) is 15.3. The maximum atomic E-state index is 6.04. The van der Waals surface area contributed by atoms with Crippen LogP contribution in [0.25, 0.3) is 0 Å². The summed E-state index contributed by atoms with van der Waals surface area (Å²) in [5.41, 5.74) is 13.2. The molecule has 1 fully saturated rings. The molecule has 4 N–H and O–H groups in total. The molecule has 0 aliphatic heterocycles. The fourth-order valence-electron chi connectivity index (χ4n) is 4.28. The molecule has 4 nitrogen and oxygen atoms in total. The molecule has 0 saturated heterocycles. The highest BCUT2D eigenvalue weighted by atomic mass is 32.1. The third kappa shape index (κ3) is 4.46. The Labute approximate surface area is 144 Å². The van der Waals surface area contributed by atoms with Gasteiger partial charge < -0.3 is 16.4 Å². The molecule has 0 amide bonds. The first-order valence-corrected chi connectivity index (χ1v) is 10.2. The summed E-state index contributed by atoms with van der Waals surface area (Å²) in [4.78, 5) is 8.66. The van der Waals surface area contributed by atoms with Gasteiger partial charge in [-0.3, -0.25) is 0 Å². The molecule has 23 heavy (non-hydrogen) atoms. The van der Waals surface area contributed by atoms with Crippen molar-refractivity contribution in [2.24, 2.45) is 11.7 Å². The highest BCUT2D eigenvalue weighted by molar-refractivity contribution is 7.15. The summed E-state index contributed by atoms with van der Waals surface area (Å²) < 4.78 is 0. The van der Waals surface area contributed by atoms with Crippen molar-refractivity contribution in [3.8, 4) is 0 Å². The first-order valence-electron chi connectivity index (χ1n) is 9.39. The fourth-order valence-corrected chi connectivity index (χ4v) is 5.23. The molecule has 2 aliphatic rings. The zero-order valence-electron chi connectivity index (χ0n) is 14.5. The molecule has 1 atom stereocenters. The average Bonchev–Trinajstić information content (AvgIpc) is 2.92. The summed E-state index contributed by atoms with van der Waals surface area (Å²) in [6, 6.07) is 1.15. The minimum absolute atomic E-state index is 0.464. The molecule has 1 aromatic rings. The van der Waals surface area contributed by atoms with Crippen LogP contribution in [0.3, 0.4) is 0 Å². The van der Waals surface area contributed by atoms with Gasteiger partial charge in [0.1, 0.15) is 0 Å². The molecule has 0 spiro atoms. The van der Waals surface area contributed by atoms with Crippen molar-refractivity contribution in [3.63, 3.8) is 0 Å². The molecule has 130 valence electrons. The zero-order chi connectivity index (χ0) is 16.2. The number of hydrogen-bond acceptors (Lipinski definition) is 5. The minimum atomic E-state index is 0.464. The van der Waals surface area contributed by atoms with E-state index in [4.69, 9.17) is 11.5 Å². The van der Waals surface area contributed by atoms with Crippen LogP contribution in [0.4, 0.5) is 5.13 Å². The number of anilines is 1. The van der Waals surface area contributed by atoms with Crippen molar-refractivity contribution < 1.29 is 0 Å². The van der Waals surface area contributed by atoms with Crippen molar-refractivity contribution in [2.75, 3.05) is 18.8 Å². The van der Waals surface area contributed by atoms with E-state index in [0.29, 0.717) is 12.1 Å². The molecule has 0 bridgehead atoms. The lowest BCUT2D eigenvalue weighted by Gasteiger charge is -2.35. The SMILES string of the molecule is CCCN(CCC1CCC(N)CC1)C1CCc2nc(N)sc2C1. The molecule has 1 heterocycles. The van der Waals surface area contributed by atoms with Gasteiger partial charge in [-0.1, -0.05) is 6.92 Å². The first kappa shape index (κ1) is 17.2. The molecule has 0 aromatic carbocycles. The third-order valence-corrected chi connectivity index (χ3v) is 6.62. The maximum Gasteiger partial charge on any atom is 0.180 e. The number of thiazole rings is 1. The lowest BCUT2D eigenvalue weighted by atomic mass is 9.84. The lowest BCUT2D eigenvalue weighted by molar-refractivity contribution is 0.159. The van der Waals surface area contributed by atoms with Crippen LogP contribution in [0.5, 0.6) is 0 Å². The molecule has 3 rings (SSSR count). The Morgan fingerprint density at radius 2 is 1.96 bits per heavy atom. The van der Waals surface area contributed by atoms with Gasteiger partial charge in [0.15, 0.2) is 5.13 Å². The Morgan fingerprint density at radius 3 is 2.70 bits per heavy atom. The summed E-state index contributed by atoms with van der Waals surface area (Å²) >= 11 is 1.70. The van der Waals surface area contributed by atoms with Crippen LogP contribution < -0.4 is 11.5 Å². The number of nitrogens with zero attached hydrogens (tertiary/aromatic N) is 2.